The van der Waals surface area contributed by atoms with Crippen molar-refractivity contribution in [3.05, 3.63) is 58.2 Å². The fraction of sp³-hybridized carbons (Fsp3) is 0.500. The van der Waals surface area contributed by atoms with Crippen LogP contribution in [-0.2, 0) is 14.3 Å². The Kier molecular flexibility index (Phi) is 7.24. The van der Waals surface area contributed by atoms with E-state index in [9.17, 15) is 9.59 Å². The van der Waals surface area contributed by atoms with E-state index in [0.717, 1.165) is 13.1 Å². The second-order valence-electron chi connectivity index (χ2n) is 8.33. The SMILES string of the molecule is CN1CCN(C(=O)C2=C[C@H](c3coc4ccccc4c3=O)C[C@H](OCCCCO)O2)CC1. The number of carbonyl (C=O) groups is 1. The van der Waals surface area contributed by atoms with Crippen LogP contribution in [-0.4, -0.2) is 73.5 Å². The molecular formula is C24H30N2O6. The summed E-state index contributed by atoms with van der Waals surface area (Å²) in [7, 11) is 2.03. The molecule has 2 aromatic rings. The zero-order valence-electron chi connectivity index (χ0n) is 18.4. The number of aliphatic hydroxyl groups is 1. The average molecular weight is 443 g/mol. The number of rotatable bonds is 7. The zero-order valence-corrected chi connectivity index (χ0v) is 18.4. The van der Waals surface area contributed by atoms with Gasteiger partial charge in [-0.2, -0.15) is 0 Å². The molecule has 0 bridgehead atoms. The highest BCUT2D eigenvalue weighted by Crippen LogP contribution is 2.32. The van der Waals surface area contributed by atoms with Gasteiger partial charge in [-0.15, -0.1) is 0 Å². The molecule has 0 radical (unpaired) electrons. The van der Waals surface area contributed by atoms with Gasteiger partial charge in [-0.3, -0.25) is 9.59 Å². The molecule has 2 aliphatic rings. The molecule has 0 spiro atoms. The van der Waals surface area contributed by atoms with Crippen LogP contribution in [0, 0.1) is 0 Å². The van der Waals surface area contributed by atoms with Crippen molar-refractivity contribution in [3.63, 3.8) is 0 Å². The van der Waals surface area contributed by atoms with E-state index in [0.29, 0.717) is 55.5 Å². The summed E-state index contributed by atoms with van der Waals surface area (Å²) in [6.07, 6.45) is 4.29. The predicted molar refractivity (Wildman–Crippen MR) is 119 cm³/mol. The van der Waals surface area contributed by atoms with Gasteiger partial charge < -0.3 is 28.8 Å². The van der Waals surface area contributed by atoms with Gasteiger partial charge in [0.15, 0.2) is 11.2 Å². The van der Waals surface area contributed by atoms with Gasteiger partial charge in [0.05, 0.1) is 18.3 Å². The monoisotopic (exact) mass is 442 g/mol. The number of nitrogens with zero attached hydrogens (tertiary/aromatic N) is 2. The number of hydrogen-bond acceptors (Lipinski definition) is 7. The van der Waals surface area contributed by atoms with Gasteiger partial charge in [-0.05, 0) is 38.1 Å². The van der Waals surface area contributed by atoms with Crippen LogP contribution in [0.25, 0.3) is 11.0 Å². The maximum absolute atomic E-state index is 13.2. The lowest BCUT2D eigenvalue weighted by molar-refractivity contribution is -0.153. The molecule has 1 N–H and O–H groups in total. The van der Waals surface area contributed by atoms with Gasteiger partial charge in [0.25, 0.3) is 5.91 Å². The van der Waals surface area contributed by atoms with E-state index >= 15 is 0 Å². The molecule has 172 valence electrons. The molecule has 1 saturated heterocycles. The molecule has 3 heterocycles. The minimum atomic E-state index is -0.652. The second kappa shape index (κ2) is 10.3. The molecule has 0 aliphatic carbocycles. The Bertz CT molecular complexity index is 1020. The molecule has 0 unspecified atom stereocenters. The fourth-order valence-electron chi connectivity index (χ4n) is 4.07. The number of ether oxygens (including phenoxy) is 2. The maximum atomic E-state index is 13.2. The van der Waals surface area contributed by atoms with Crippen LogP contribution in [0.4, 0.5) is 0 Å². The van der Waals surface area contributed by atoms with Crippen LogP contribution in [0.5, 0.6) is 0 Å². The van der Waals surface area contributed by atoms with E-state index in [4.69, 9.17) is 19.0 Å². The highest BCUT2D eigenvalue weighted by Gasteiger charge is 2.33. The highest BCUT2D eigenvalue weighted by molar-refractivity contribution is 5.92. The third-order valence-electron chi connectivity index (χ3n) is 6.02. The number of fused-ring (bicyclic) bond motifs is 1. The lowest BCUT2D eigenvalue weighted by atomic mass is 9.93. The number of likely N-dealkylation sites (N-methyl/N-ethyl adjacent to an activating group) is 1. The van der Waals surface area contributed by atoms with E-state index in [-0.39, 0.29) is 29.6 Å². The summed E-state index contributed by atoms with van der Waals surface area (Å²) < 4.78 is 17.5. The predicted octanol–water partition coefficient (Wildman–Crippen LogP) is 2.07. The highest BCUT2D eigenvalue weighted by atomic mass is 16.7. The van der Waals surface area contributed by atoms with Crippen molar-refractivity contribution < 1.29 is 23.8 Å². The molecule has 4 rings (SSSR count). The van der Waals surface area contributed by atoms with Crippen LogP contribution in [0.15, 0.2) is 51.6 Å². The van der Waals surface area contributed by atoms with E-state index in [2.05, 4.69) is 4.90 Å². The van der Waals surface area contributed by atoms with Gasteiger partial charge in [-0.1, -0.05) is 12.1 Å². The number of hydrogen-bond donors (Lipinski definition) is 1. The molecule has 1 fully saturated rings. The molecular weight excluding hydrogens is 412 g/mol. The van der Waals surface area contributed by atoms with E-state index in [1.165, 1.54) is 6.26 Å². The van der Waals surface area contributed by atoms with Crippen molar-refractivity contribution in [1.82, 2.24) is 9.80 Å². The Morgan fingerprint density at radius 3 is 2.75 bits per heavy atom. The van der Waals surface area contributed by atoms with Crippen LogP contribution in [0.3, 0.4) is 0 Å². The molecule has 32 heavy (non-hydrogen) atoms. The lowest BCUT2D eigenvalue weighted by Crippen LogP contribution is -2.48. The Labute approximate surface area is 187 Å². The van der Waals surface area contributed by atoms with Crippen LogP contribution in [0.1, 0.15) is 30.7 Å². The first-order chi connectivity index (χ1) is 15.6. The van der Waals surface area contributed by atoms with Crippen molar-refractivity contribution in [1.29, 1.82) is 0 Å². The average Bonchev–Trinajstić information content (AvgIpc) is 2.82. The normalized spacial score (nSPS) is 21.9. The van der Waals surface area contributed by atoms with Crippen molar-refractivity contribution in [2.75, 3.05) is 46.4 Å². The van der Waals surface area contributed by atoms with Crippen molar-refractivity contribution in [2.45, 2.75) is 31.5 Å². The fourth-order valence-corrected chi connectivity index (χ4v) is 4.07. The Morgan fingerprint density at radius 2 is 1.97 bits per heavy atom. The number of carbonyl (C=O) groups excluding carboxylic acids is 1. The summed E-state index contributed by atoms with van der Waals surface area (Å²) >= 11 is 0. The quantitative estimate of drug-likeness (QED) is 0.656. The van der Waals surface area contributed by atoms with Gasteiger partial charge in [0.2, 0.25) is 6.29 Å². The summed E-state index contributed by atoms with van der Waals surface area (Å²) in [6.45, 7) is 3.36. The Balaban J connectivity index is 1.60. The minimum absolute atomic E-state index is 0.0999. The number of unbranched alkanes of at least 4 members (excludes halogenated alkanes) is 1. The first kappa shape index (κ1) is 22.5. The second-order valence-corrected chi connectivity index (χ2v) is 8.33. The van der Waals surface area contributed by atoms with E-state index < -0.39 is 6.29 Å². The lowest BCUT2D eigenvalue weighted by Gasteiger charge is -2.35. The number of aliphatic hydroxyl groups excluding tert-OH is 1. The summed E-state index contributed by atoms with van der Waals surface area (Å²) in [4.78, 5) is 30.3. The summed E-state index contributed by atoms with van der Waals surface area (Å²) in [6, 6.07) is 7.13. The van der Waals surface area contributed by atoms with Crippen molar-refractivity contribution in [2.24, 2.45) is 0 Å². The smallest absolute Gasteiger partial charge is 0.288 e. The Morgan fingerprint density at radius 1 is 1.19 bits per heavy atom. The van der Waals surface area contributed by atoms with Gasteiger partial charge in [0, 0.05) is 50.7 Å². The van der Waals surface area contributed by atoms with Crippen LogP contribution >= 0.6 is 0 Å². The summed E-state index contributed by atoms with van der Waals surface area (Å²) in [5.41, 5.74) is 0.905. The summed E-state index contributed by atoms with van der Waals surface area (Å²) in [5, 5.41) is 9.51. The third kappa shape index (κ3) is 5.03. The van der Waals surface area contributed by atoms with E-state index in [1.807, 2.05) is 13.1 Å². The molecule has 1 aromatic carbocycles. The largest absolute Gasteiger partial charge is 0.464 e. The molecule has 0 saturated carbocycles. The van der Waals surface area contributed by atoms with Crippen LogP contribution < -0.4 is 5.43 Å². The molecule has 2 aliphatic heterocycles. The molecule has 1 aromatic heterocycles. The number of para-hydroxylation sites is 1. The first-order valence-corrected chi connectivity index (χ1v) is 11.2. The first-order valence-electron chi connectivity index (χ1n) is 11.2. The van der Waals surface area contributed by atoms with Crippen molar-refractivity contribution >= 4 is 16.9 Å². The van der Waals surface area contributed by atoms with Gasteiger partial charge >= 0.3 is 0 Å². The summed E-state index contributed by atoms with van der Waals surface area (Å²) in [5.74, 6) is -0.332. The maximum Gasteiger partial charge on any atom is 0.288 e. The molecule has 8 nitrogen and oxygen atoms in total. The topological polar surface area (TPSA) is 92.5 Å². The number of benzene rings is 1. The third-order valence-corrected chi connectivity index (χ3v) is 6.02. The molecule has 1 amide bonds. The number of allylic oxidation sites excluding steroid dienone is 1. The number of piperazine rings is 1. The van der Waals surface area contributed by atoms with Gasteiger partial charge in [-0.25, -0.2) is 0 Å². The molecule has 8 heteroatoms. The minimum Gasteiger partial charge on any atom is -0.464 e. The van der Waals surface area contributed by atoms with Gasteiger partial charge in [0.1, 0.15) is 5.58 Å². The van der Waals surface area contributed by atoms with E-state index in [1.54, 1.807) is 29.2 Å². The zero-order chi connectivity index (χ0) is 22.5. The van der Waals surface area contributed by atoms with Crippen LogP contribution in [0.2, 0.25) is 0 Å². The standard InChI is InChI=1S/C24H30N2O6/c1-25-8-10-26(11-9-25)24(29)21-14-17(15-22(32-21)30-13-5-4-12-27)19-16-31-20-7-3-2-6-18(20)23(19)28/h2-3,6-7,14,16-17,22,27H,4-5,8-13,15H2,1H3/t17-,22+/m0/s1. The molecule has 2 atom stereocenters. The number of amides is 1. The Hall–Kier alpha value is -2.68. The van der Waals surface area contributed by atoms with Crippen molar-refractivity contribution in [3.8, 4) is 0 Å².